The number of hydrogen-bond donors (Lipinski definition) is 0. The summed E-state index contributed by atoms with van der Waals surface area (Å²) in [5.41, 5.74) is 2.01. The predicted octanol–water partition coefficient (Wildman–Crippen LogP) is 4.83. The Hall–Kier alpha value is -2.70. The Morgan fingerprint density at radius 1 is 1.03 bits per heavy atom. The van der Waals surface area contributed by atoms with Gasteiger partial charge in [-0.3, -0.25) is 4.79 Å². The number of carbonyl (C=O) groups excluding carboxylic acids is 1. The molecule has 1 fully saturated rings. The van der Waals surface area contributed by atoms with Crippen LogP contribution in [-0.2, 0) is 11.0 Å². The standard InChI is InChI=1S/C23H27F3N2O2/c1-4-21(30-20-13-16(2)12-17(3)14-20)22(29)28-10-8-27(9-11-28)19-7-5-6-18(15-19)23(24,25)26/h5-7,12-15,21H,4,8-11H2,1-3H3/t21-/m0/s1. The molecule has 1 heterocycles. The van der Waals surface area contributed by atoms with Gasteiger partial charge in [0.2, 0.25) is 0 Å². The first-order valence-electron chi connectivity index (χ1n) is 10.1. The number of benzene rings is 2. The lowest BCUT2D eigenvalue weighted by Crippen LogP contribution is -2.52. The first-order valence-corrected chi connectivity index (χ1v) is 10.1. The van der Waals surface area contributed by atoms with Gasteiger partial charge in [-0.25, -0.2) is 0 Å². The van der Waals surface area contributed by atoms with Crippen LogP contribution in [0.5, 0.6) is 5.75 Å². The number of aryl methyl sites for hydroxylation is 2. The number of amides is 1. The predicted molar refractivity (Wildman–Crippen MR) is 111 cm³/mol. The molecule has 2 aromatic rings. The molecule has 0 N–H and O–H groups in total. The second-order valence-electron chi connectivity index (χ2n) is 7.70. The normalized spacial score (nSPS) is 15.8. The van der Waals surface area contributed by atoms with E-state index in [1.165, 1.54) is 6.07 Å². The van der Waals surface area contributed by atoms with Gasteiger partial charge in [0.1, 0.15) is 5.75 Å². The Morgan fingerprint density at radius 2 is 1.67 bits per heavy atom. The van der Waals surface area contributed by atoms with Crippen molar-refractivity contribution in [2.24, 2.45) is 0 Å². The number of rotatable bonds is 5. The van der Waals surface area contributed by atoms with E-state index in [2.05, 4.69) is 0 Å². The quantitative estimate of drug-likeness (QED) is 0.695. The van der Waals surface area contributed by atoms with Gasteiger partial charge in [0.15, 0.2) is 6.10 Å². The molecule has 0 aliphatic carbocycles. The summed E-state index contributed by atoms with van der Waals surface area (Å²) in [7, 11) is 0. The number of carbonyl (C=O) groups is 1. The van der Waals surface area contributed by atoms with Crippen molar-refractivity contribution >= 4 is 11.6 Å². The number of hydrogen-bond acceptors (Lipinski definition) is 3. The van der Waals surface area contributed by atoms with E-state index in [1.54, 1.807) is 11.0 Å². The molecule has 0 aromatic heterocycles. The average molecular weight is 420 g/mol. The van der Waals surface area contributed by atoms with E-state index >= 15 is 0 Å². The first-order chi connectivity index (χ1) is 14.2. The highest BCUT2D eigenvalue weighted by molar-refractivity contribution is 5.81. The molecule has 0 spiro atoms. The van der Waals surface area contributed by atoms with Gasteiger partial charge < -0.3 is 14.5 Å². The van der Waals surface area contributed by atoms with E-state index in [-0.39, 0.29) is 5.91 Å². The average Bonchev–Trinajstić information content (AvgIpc) is 2.70. The SMILES string of the molecule is CC[C@H](Oc1cc(C)cc(C)c1)C(=O)N1CCN(c2cccc(C(F)(F)F)c2)CC1. The summed E-state index contributed by atoms with van der Waals surface area (Å²) >= 11 is 0. The smallest absolute Gasteiger partial charge is 0.416 e. The van der Waals surface area contributed by atoms with Gasteiger partial charge >= 0.3 is 6.18 Å². The fourth-order valence-electron chi connectivity index (χ4n) is 3.74. The highest BCUT2D eigenvalue weighted by Gasteiger charge is 2.32. The van der Waals surface area contributed by atoms with Gasteiger partial charge in [-0.1, -0.05) is 19.1 Å². The van der Waals surface area contributed by atoms with Gasteiger partial charge in [0.05, 0.1) is 5.56 Å². The minimum atomic E-state index is -4.37. The van der Waals surface area contributed by atoms with E-state index in [1.807, 2.05) is 43.9 Å². The third-order valence-electron chi connectivity index (χ3n) is 5.25. The summed E-state index contributed by atoms with van der Waals surface area (Å²) in [6.45, 7) is 7.72. The summed E-state index contributed by atoms with van der Waals surface area (Å²) in [4.78, 5) is 16.6. The highest BCUT2D eigenvalue weighted by Crippen LogP contribution is 2.32. The van der Waals surface area contributed by atoms with Crippen molar-refractivity contribution in [2.75, 3.05) is 31.1 Å². The zero-order valence-electron chi connectivity index (χ0n) is 17.5. The molecule has 1 aliphatic heterocycles. The van der Waals surface area contributed by atoms with Crippen molar-refractivity contribution < 1.29 is 22.7 Å². The molecule has 1 amide bonds. The molecule has 1 saturated heterocycles. The van der Waals surface area contributed by atoms with Crippen LogP contribution in [-0.4, -0.2) is 43.1 Å². The lowest BCUT2D eigenvalue weighted by molar-refractivity contribution is -0.139. The minimum Gasteiger partial charge on any atom is -0.481 e. The summed E-state index contributed by atoms with van der Waals surface area (Å²) in [5, 5.41) is 0. The Labute approximate surface area is 175 Å². The van der Waals surface area contributed by atoms with Gasteiger partial charge in [0.25, 0.3) is 5.91 Å². The second kappa shape index (κ2) is 8.98. The number of ether oxygens (including phenoxy) is 1. The van der Waals surface area contributed by atoms with Crippen molar-refractivity contribution in [1.82, 2.24) is 4.90 Å². The van der Waals surface area contributed by atoms with Gasteiger partial charge in [0, 0.05) is 31.9 Å². The van der Waals surface area contributed by atoms with Gasteiger partial charge in [-0.15, -0.1) is 0 Å². The van der Waals surface area contributed by atoms with Gasteiger partial charge in [-0.05, 0) is 61.7 Å². The van der Waals surface area contributed by atoms with E-state index < -0.39 is 17.8 Å². The fourth-order valence-corrected chi connectivity index (χ4v) is 3.74. The topological polar surface area (TPSA) is 32.8 Å². The molecule has 162 valence electrons. The maximum atomic E-state index is 13.0. The fraction of sp³-hybridized carbons (Fsp3) is 0.435. The summed E-state index contributed by atoms with van der Waals surface area (Å²) in [6.07, 6.45) is -4.40. The van der Waals surface area contributed by atoms with Crippen LogP contribution in [0.15, 0.2) is 42.5 Å². The van der Waals surface area contributed by atoms with E-state index in [4.69, 9.17) is 4.74 Å². The number of alkyl halides is 3. The van der Waals surface area contributed by atoms with Crippen LogP contribution in [0.3, 0.4) is 0 Å². The number of piperazine rings is 1. The van der Waals surface area contributed by atoms with E-state index in [0.29, 0.717) is 44.0 Å². The molecule has 1 atom stereocenters. The first kappa shape index (κ1) is 22.0. The number of nitrogens with zero attached hydrogens (tertiary/aromatic N) is 2. The van der Waals surface area contributed by atoms with Gasteiger partial charge in [-0.2, -0.15) is 13.2 Å². The largest absolute Gasteiger partial charge is 0.481 e. The second-order valence-corrected chi connectivity index (χ2v) is 7.70. The molecule has 4 nitrogen and oxygen atoms in total. The number of halogens is 3. The van der Waals surface area contributed by atoms with Crippen LogP contribution in [0, 0.1) is 13.8 Å². The maximum absolute atomic E-state index is 13.0. The molecule has 2 aromatic carbocycles. The minimum absolute atomic E-state index is 0.0830. The molecule has 1 aliphatic rings. The molecular formula is C23H27F3N2O2. The molecule has 0 saturated carbocycles. The third-order valence-corrected chi connectivity index (χ3v) is 5.25. The van der Waals surface area contributed by atoms with Crippen molar-refractivity contribution in [3.05, 3.63) is 59.2 Å². The van der Waals surface area contributed by atoms with Crippen LogP contribution in [0.1, 0.15) is 30.0 Å². The lowest BCUT2D eigenvalue weighted by Gasteiger charge is -2.37. The van der Waals surface area contributed by atoms with Crippen molar-refractivity contribution in [3.8, 4) is 5.75 Å². The molecule has 0 bridgehead atoms. The van der Waals surface area contributed by atoms with Crippen LogP contribution in [0.4, 0.5) is 18.9 Å². The Kier molecular flexibility index (Phi) is 6.58. The Bertz CT molecular complexity index is 870. The molecule has 0 unspecified atom stereocenters. The van der Waals surface area contributed by atoms with E-state index in [0.717, 1.165) is 23.3 Å². The lowest BCUT2D eigenvalue weighted by atomic mass is 10.1. The zero-order valence-corrected chi connectivity index (χ0v) is 17.5. The van der Waals surface area contributed by atoms with E-state index in [9.17, 15) is 18.0 Å². The summed E-state index contributed by atoms with van der Waals surface area (Å²) in [5.74, 6) is 0.593. The van der Waals surface area contributed by atoms with Crippen LogP contribution in [0.25, 0.3) is 0 Å². The molecule has 0 radical (unpaired) electrons. The molecular weight excluding hydrogens is 393 g/mol. The van der Waals surface area contributed by atoms with Crippen molar-refractivity contribution in [2.45, 2.75) is 39.5 Å². The highest BCUT2D eigenvalue weighted by atomic mass is 19.4. The summed E-state index contributed by atoms with van der Waals surface area (Å²) in [6, 6.07) is 11.2. The third kappa shape index (κ3) is 5.26. The van der Waals surface area contributed by atoms with Crippen molar-refractivity contribution in [3.63, 3.8) is 0 Å². The summed E-state index contributed by atoms with van der Waals surface area (Å²) < 4.78 is 44.9. The van der Waals surface area contributed by atoms with Crippen LogP contribution >= 0.6 is 0 Å². The maximum Gasteiger partial charge on any atom is 0.416 e. The zero-order chi connectivity index (χ0) is 21.9. The van der Waals surface area contributed by atoms with Crippen LogP contribution < -0.4 is 9.64 Å². The Morgan fingerprint density at radius 3 is 2.23 bits per heavy atom. The molecule has 7 heteroatoms. The monoisotopic (exact) mass is 420 g/mol. The van der Waals surface area contributed by atoms with Crippen LogP contribution in [0.2, 0.25) is 0 Å². The van der Waals surface area contributed by atoms with Crippen molar-refractivity contribution in [1.29, 1.82) is 0 Å². The molecule has 3 rings (SSSR count). The molecule has 30 heavy (non-hydrogen) atoms. The number of anilines is 1. The Balaban J connectivity index is 1.63.